The fourth-order valence-electron chi connectivity index (χ4n) is 1.92. The Kier molecular flexibility index (Phi) is 9.08. The molecule has 0 aliphatic rings. The van der Waals surface area contributed by atoms with Crippen molar-refractivity contribution in [2.75, 3.05) is 6.54 Å². The summed E-state index contributed by atoms with van der Waals surface area (Å²) in [6.07, 6.45) is 6.53. The average Bonchev–Trinajstić information content (AvgIpc) is 2.23. The summed E-state index contributed by atoms with van der Waals surface area (Å²) >= 11 is 0. The largest absolute Gasteiger partial charge is 0.460 e. The predicted molar refractivity (Wildman–Crippen MR) is 76.7 cm³/mol. The molecule has 108 valence electrons. The first-order chi connectivity index (χ1) is 8.39. The van der Waals surface area contributed by atoms with Crippen LogP contribution in [0.15, 0.2) is 0 Å². The van der Waals surface area contributed by atoms with Crippen LogP contribution in [0.1, 0.15) is 73.1 Å². The predicted octanol–water partition coefficient (Wildman–Crippen LogP) is 3.67. The number of carbonyl (C=O) groups excluding carboxylic acids is 1. The Hall–Kier alpha value is -0.570. The summed E-state index contributed by atoms with van der Waals surface area (Å²) in [6.45, 7) is 10.8. The van der Waals surface area contributed by atoms with E-state index in [9.17, 15) is 4.79 Å². The van der Waals surface area contributed by atoms with Crippen LogP contribution in [0.4, 0.5) is 0 Å². The van der Waals surface area contributed by atoms with Gasteiger partial charge in [0.15, 0.2) is 0 Å². The molecular formula is C15H31NO2. The number of ether oxygens (including phenoxy) is 1. The molecule has 0 aromatic carbocycles. The van der Waals surface area contributed by atoms with Gasteiger partial charge < -0.3 is 10.1 Å². The fraction of sp³-hybridized carbons (Fsp3) is 0.933. The molecule has 0 saturated heterocycles. The van der Waals surface area contributed by atoms with Crippen molar-refractivity contribution in [3.63, 3.8) is 0 Å². The Morgan fingerprint density at radius 2 is 1.83 bits per heavy atom. The number of unbranched alkanes of at least 4 members (excludes halogenated alkanes) is 1. The number of nitrogens with one attached hydrogen (secondary N) is 1. The van der Waals surface area contributed by atoms with Crippen LogP contribution in [0.5, 0.6) is 0 Å². The number of hydrogen-bond donors (Lipinski definition) is 1. The number of carbonyl (C=O) groups is 1. The average molecular weight is 257 g/mol. The summed E-state index contributed by atoms with van der Waals surface area (Å²) in [7, 11) is 0. The van der Waals surface area contributed by atoms with Gasteiger partial charge in [0.05, 0.1) is 6.42 Å². The van der Waals surface area contributed by atoms with Crippen molar-refractivity contribution >= 4 is 5.97 Å². The van der Waals surface area contributed by atoms with Gasteiger partial charge in [-0.05, 0) is 33.6 Å². The van der Waals surface area contributed by atoms with Crippen molar-refractivity contribution in [3.8, 4) is 0 Å². The van der Waals surface area contributed by atoms with Gasteiger partial charge in [-0.2, -0.15) is 0 Å². The van der Waals surface area contributed by atoms with Crippen LogP contribution in [0.25, 0.3) is 0 Å². The summed E-state index contributed by atoms with van der Waals surface area (Å²) in [6, 6.07) is 0.553. The van der Waals surface area contributed by atoms with E-state index in [4.69, 9.17) is 4.74 Å². The Morgan fingerprint density at radius 1 is 1.17 bits per heavy atom. The lowest BCUT2D eigenvalue weighted by Crippen LogP contribution is -2.32. The van der Waals surface area contributed by atoms with E-state index in [1.54, 1.807) is 0 Å². The lowest BCUT2D eigenvalue weighted by Gasteiger charge is -2.21. The Labute approximate surface area is 113 Å². The Bertz CT molecular complexity index is 221. The van der Waals surface area contributed by atoms with Gasteiger partial charge >= 0.3 is 5.97 Å². The second-order valence-electron chi connectivity index (χ2n) is 5.92. The second kappa shape index (κ2) is 9.37. The van der Waals surface area contributed by atoms with Gasteiger partial charge in [0.25, 0.3) is 0 Å². The van der Waals surface area contributed by atoms with Gasteiger partial charge in [-0.3, -0.25) is 4.79 Å². The smallest absolute Gasteiger partial charge is 0.307 e. The quantitative estimate of drug-likeness (QED) is 0.641. The van der Waals surface area contributed by atoms with Crippen molar-refractivity contribution in [1.29, 1.82) is 0 Å². The number of rotatable bonds is 9. The minimum absolute atomic E-state index is 0.110. The van der Waals surface area contributed by atoms with Gasteiger partial charge in [-0.1, -0.05) is 33.1 Å². The van der Waals surface area contributed by atoms with Crippen molar-refractivity contribution in [2.45, 2.75) is 84.8 Å². The highest BCUT2D eigenvalue weighted by Gasteiger charge is 2.16. The zero-order valence-electron chi connectivity index (χ0n) is 12.8. The summed E-state index contributed by atoms with van der Waals surface area (Å²) in [5.41, 5.74) is -0.373. The monoisotopic (exact) mass is 257 g/mol. The standard InChI is InChI=1S/C15H31NO2/c1-6-8-10-13(9-7-2)16-12-11-14(17)18-15(3,4)5/h13,16H,6-12H2,1-5H3. The van der Waals surface area contributed by atoms with Gasteiger partial charge in [0.2, 0.25) is 0 Å². The molecule has 0 saturated carbocycles. The van der Waals surface area contributed by atoms with E-state index >= 15 is 0 Å². The van der Waals surface area contributed by atoms with Crippen LogP contribution >= 0.6 is 0 Å². The second-order valence-corrected chi connectivity index (χ2v) is 5.92. The molecule has 1 atom stereocenters. The van der Waals surface area contributed by atoms with Crippen LogP contribution in [-0.2, 0) is 9.53 Å². The molecule has 0 aromatic rings. The maximum absolute atomic E-state index is 11.5. The topological polar surface area (TPSA) is 38.3 Å². The Morgan fingerprint density at radius 3 is 2.33 bits per heavy atom. The summed E-state index contributed by atoms with van der Waals surface area (Å²) in [5, 5.41) is 3.47. The van der Waals surface area contributed by atoms with Crippen LogP contribution in [0, 0.1) is 0 Å². The molecule has 0 amide bonds. The molecular weight excluding hydrogens is 226 g/mol. The lowest BCUT2D eigenvalue weighted by molar-refractivity contribution is -0.154. The summed E-state index contributed by atoms with van der Waals surface area (Å²) in [5.74, 6) is -0.110. The summed E-state index contributed by atoms with van der Waals surface area (Å²) in [4.78, 5) is 11.5. The van der Waals surface area contributed by atoms with Crippen LogP contribution in [-0.4, -0.2) is 24.2 Å². The first kappa shape index (κ1) is 17.4. The zero-order chi connectivity index (χ0) is 14.0. The van der Waals surface area contributed by atoms with Crippen LogP contribution < -0.4 is 5.32 Å². The van der Waals surface area contributed by atoms with Crippen molar-refractivity contribution in [3.05, 3.63) is 0 Å². The highest BCUT2D eigenvalue weighted by atomic mass is 16.6. The molecule has 0 rings (SSSR count). The van der Waals surface area contributed by atoms with Crippen molar-refractivity contribution in [1.82, 2.24) is 5.32 Å². The van der Waals surface area contributed by atoms with E-state index in [0.717, 1.165) is 6.54 Å². The minimum Gasteiger partial charge on any atom is -0.460 e. The molecule has 1 unspecified atom stereocenters. The van der Waals surface area contributed by atoms with E-state index in [2.05, 4.69) is 19.2 Å². The molecule has 0 bridgehead atoms. The van der Waals surface area contributed by atoms with E-state index in [-0.39, 0.29) is 11.6 Å². The first-order valence-electron chi connectivity index (χ1n) is 7.34. The van der Waals surface area contributed by atoms with Gasteiger partial charge in [0, 0.05) is 12.6 Å². The zero-order valence-corrected chi connectivity index (χ0v) is 12.8. The molecule has 3 nitrogen and oxygen atoms in total. The van der Waals surface area contributed by atoms with E-state index in [0.29, 0.717) is 12.5 Å². The molecule has 3 heteroatoms. The fourth-order valence-corrected chi connectivity index (χ4v) is 1.92. The minimum atomic E-state index is -0.373. The molecule has 0 spiro atoms. The first-order valence-corrected chi connectivity index (χ1v) is 7.34. The third-order valence-corrected chi connectivity index (χ3v) is 2.73. The molecule has 0 aliphatic heterocycles. The van der Waals surface area contributed by atoms with Crippen LogP contribution in [0.3, 0.4) is 0 Å². The highest BCUT2D eigenvalue weighted by molar-refractivity contribution is 5.70. The molecule has 0 heterocycles. The maximum atomic E-state index is 11.5. The van der Waals surface area contributed by atoms with E-state index in [1.807, 2.05) is 20.8 Å². The maximum Gasteiger partial charge on any atom is 0.307 e. The number of hydrogen-bond acceptors (Lipinski definition) is 3. The van der Waals surface area contributed by atoms with E-state index < -0.39 is 0 Å². The van der Waals surface area contributed by atoms with Gasteiger partial charge in [0.1, 0.15) is 5.60 Å². The Balaban J connectivity index is 3.80. The van der Waals surface area contributed by atoms with Crippen molar-refractivity contribution in [2.24, 2.45) is 0 Å². The van der Waals surface area contributed by atoms with Gasteiger partial charge in [-0.15, -0.1) is 0 Å². The molecule has 0 fully saturated rings. The van der Waals surface area contributed by atoms with Crippen molar-refractivity contribution < 1.29 is 9.53 Å². The highest BCUT2D eigenvalue weighted by Crippen LogP contribution is 2.09. The molecule has 0 aromatic heterocycles. The SMILES string of the molecule is CCCCC(CCC)NCCC(=O)OC(C)(C)C. The normalized spacial score (nSPS) is 13.4. The lowest BCUT2D eigenvalue weighted by atomic mass is 10.1. The number of esters is 1. The third kappa shape index (κ3) is 10.6. The van der Waals surface area contributed by atoms with Crippen LogP contribution in [0.2, 0.25) is 0 Å². The van der Waals surface area contributed by atoms with E-state index in [1.165, 1.54) is 32.1 Å². The van der Waals surface area contributed by atoms with Gasteiger partial charge in [-0.25, -0.2) is 0 Å². The third-order valence-electron chi connectivity index (χ3n) is 2.73. The molecule has 1 N–H and O–H groups in total. The molecule has 18 heavy (non-hydrogen) atoms. The molecule has 0 aliphatic carbocycles. The molecule has 0 radical (unpaired) electrons. The summed E-state index contributed by atoms with van der Waals surface area (Å²) < 4.78 is 5.28.